The smallest absolute Gasteiger partial charge is 0.255 e. The van der Waals surface area contributed by atoms with Crippen LogP contribution in [0.3, 0.4) is 0 Å². The highest BCUT2D eigenvalue weighted by Crippen LogP contribution is 2.30. The van der Waals surface area contributed by atoms with Gasteiger partial charge in [0.1, 0.15) is 11.5 Å². The molecule has 0 saturated heterocycles. The van der Waals surface area contributed by atoms with Crippen LogP contribution in [0.25, 0.3) is 0 Å². The van der Waals surface area contributed by atoms with Gasteiger partial charge in [-0.25, -0.2) is 0 Å². The molecule has 208 valence electrons. The number of ether oxygens (including phenoxy) is 2. The minimum atomic E-state index is -0.581. The first-order valence-electron chi connectivity index (χ1n) is 13.5. The molecule has 0 aliphatic heterocycles. The monoisotopic (exact) mass is 525 g/mol. The van der Waals surface area contributed by atoms with Crippen LogP contribution in [0.1, 0.15) is 93.9 Å². The van der Waals surface area contributed by atoms with E-state index in [1.165, 1.54) is 18.6 Å². The van der Waals surface area contributed by atoms with E-state index in [2.05, 4.69) is 17.6 Å². The van der Waals surface area contributed by atoms with Crippen LogP contribution < -0.4 is 25.8 Å². The lowest BCUT2D eigenvalue weighted by molar-refractivity contribution is -0.116. The van der Waals surface area contributed by atoms with Crippen molar-refractivity contribution >= 4 is 29.1 Å². The Bertz CT molecular complexity index is 1080. The quantitative estimate of drug-likeness (QED) is 0.219. The average molecular weight is 526 g/mol. The molecule has 0 radical (unpaired) electrons. The second-order valence-corrected chi connectivity index (χ2v) is 10.4. The zero-order valence-corrected chi connectivity index (χ0v) is 23.4. The fraction of sp³-hybridized carbons (Fsp3) is 0.500. The van der Waals surface area contributed by atoms with Gasteiger partial charge in [-0.15, -0.1) is 0 Å². The van der Waals surface area contributed by atoms with E-state index in [0.29, 0.717) is 48.1 Å². The van der Waals surface area contributed by atoms with Crippen molar-refractivity contribution in [1.29, 1.82) is 0 Å². The summed E-state index contributed by atoms with van der Waals surface area (Å²) in [5, 5.41) is 5.79. The summed E-state index contributed by atoms with van der Waals surface area (Å²) in [6.07, 6.45) is 5.78. The van der Waals surface area contributed by atoms with E-state index >= 15 is 0 Å². The number of hydrogen-bond acceptors (Lipinski definition) is 5. The van der Waals surface area contributed by atoms with E-state index in [1.807, 2.05) is 27.7 Å². The van der Waals surface area contributed by atoms with Crippen molar-refractivity contribution in [2.45, 2.75) is 73.1 Å². The fourth-order valence-corrected chi connectivity index (χ4v) is 3.59. The Morgan fingerprint density at radius 2 is 1.29 bits per heavy atom. The van der Waals surface area contributed by atoms with Gasteiger partial charge in [0.25, 0.3) is 5.91 Å². The number of primary amides is 1. The molecule has 0 fully saturated rings. The standard InChI is InChI=1S/C30H43N3O5/c1-6-7-8-9-10-11-28(34)32-24-15-13-23(17-27(24)38-19-21(4)5)30(36)33-25-14-12-22(29(31)35)16-26(25)37-18-20(2)3/h12-17,20-21H,6-11,18-19H2,1-5H3,(H2,31,35)(H,32,34)(H,33,36). The van der Waals surface area contributed by atoms with Crippen molar-refractivity contribution in [3.05, 3.63) is 47.5 Å². The Balaban J connectivity index is 2.20. The average Bonchev–Trinajstić information content (AvgIpc) is 2.87. The minimum Gasteiger partial charge on any atom is -0.491 e. The lowest BCUT2D eigenvalue weighted by atomic mass is 10.1. The first-order chi connectivity index (χ1) is 18.1. The molecule has 2 aromatic carbocycles. The lowest BCUT2D eigenvalue weighted by Crippen LogP contribution is -2.17. The minimum absolute atomic E-state index is 0.0745. The molecule has 0 spiro atoms. The number of benzene rings is 2. The number of anilines is 2. The van der Waals surface area contributed by atoms with Gasteiger partial charge >= 0.3 is 0 Å². The van der Waals surface area contributed by atoms with Crippen molar-refractivity contribution in [3.8, 4) is 11.5 Å². The summed E-state index contributed by atoms with van der Waals surface area (Å²) >= 11 is 0. The van der Waals surface area contributed by atoms with Crippen LogP contribution in [-0.4, -0.2) is 30.9 Å². The summed E-state index contributed by atoms with van der Waals surface area (Å²) < 4.78 is 11.8. The highest BCUT2D eigenvalue weighted by atomic mass is 16.5. The number of amides is 3. The van der Waals surface area contributed by atoms with Crippen molar-refractivity contribution < 1.29 is 23.9 Å². The molecule has 3 amide bonds. The van der Waals surface area contributed by atoms with Gasteiger partial charge in [0.15, 0.2) is 0 Å². The molecule has 0 unspecified atom stereocenters. The molecule has 0 heterocycles. The van der Waals surface area contributed by atoms with Crippen LogP contribution in [-0.2, 0) is 4.79 Å². The van der Waals surface area contributed by atoms with E-state index in [4.69, 9.17) is 15.2 Å². The van der Waals surface area contributed by atoms with Gasteiger partial charge in [0.2, 0.25) is 11.8 Å². The van der Waals surface area contributed by atoms with Gasteiger partial charge in [0, 0.05) is 17.5 Å². The van der Waals surface area contributed by atoms with Crippen LogP contribution in [0.4, 0.5) is 11.4 Å². The molecule has 0 atom stereocenters. The molecule has 0 aliphatic rings. The Morgan fingerprint density at radius 3 is 1.84 bits per heavy atom. The van der Waals surface area contributed by atoms with Crippen LogP contribution in [0.2, 0.25) is 0 Å². The highest BCUT2D eigenvalue weighted by molar-refractivity contribution is 6.06. The molecular weight excluding hydrogens is 482 g/mol. The number of nitrogens with two attached hydrogens (primary N) is 1. The van der Waals surface area contributed by atoms with E-state index in [9.17, 15) is 14.4 Å². The summed E-state index contributed by atoms with van der Waals surface area (Å²) in [6.45, 7) is 11.1. The summed E-state index contributed by atoms with van der Waals surface area (Å²) in [4.78, 5) is 37.3. The maximum Gasteiger partial charge on any atom is 0.255 e. The first-order valence-corrected chi connectivity index (χ1v) is 13.5. The molecule has 8 nitrogen and oxygen atoms in total. The van der Waals surface area contributed by atoms with Crippen LogP contribution >= 0.6 is 0 Å². The third-order valence-corrected chi connectivity index (χ3v) is 5.68. The Kier molecular flexibility index (Phi) is 12.6. The maximum absolute atomic E-state index is 13.2. The Morgan fingerprint density at radius 1 is 0.763 bits per heavy atom. The largest absolute Gasteiger partial charge is 0.491 e. The van der Waals surface area contributed by atoms with Crippen molar-refractivity contribution in [1.82, 2.24) is 0 Å². The summed E-state index contributed by atoms with van der Waals surface area (Å²) in [5.41, 5.74) is 7.02. The fourth-order valence-electron chi connectivity index (χ4n) is 3.59. The topological polar surface area (TPSA) is 120 Å². The number of rotatable bonds is 16. The van der Waals surface area contributed by atoms with Gasteiger partial charge in [0.05, 0.1) is 24.6 Å². The van der Waals surface area contributed by atoms with Gasteiger partial charge in [-0.05, 0) is 54.7 Å². The van der Waals surface area contributed by atoms with E-state index in [1.54, 1.807) is 24.3 Å². The molecule has 0 saturated carbocycles. The third kappa shape index (κ3) is 10.4. The zero-order valence-electron chi connectivity index (χ0n) is 23.4. The molecule has 38 heavy (non-hydrogen) atoms. The van der Waals surface area contributed by atoms with Crippen LogP contribution in [0, 0.1) is 11.8 Å². The number of carbonyl (C=O) groups excluding carboxylic acids is 3. The number of carbonyl (C=O) groups is 3. The number of hydrogen-bond donors (Lipinski definition) is 3. The predicted molar refractivity (Wildman–Crippen MR) is 152 cm³/mol. The molecular formula is C30H43N3O5. The highest BCUT2D eigenvalue weighted by Gasteiger charge is 2.17. The zero-order chi connectivity index (χ0) is 28.1. The van der Waals surface area contributed by atoms with Crippen molar-refractivity contribution in [2.75, 3.05) is 23.8 Å². The van der Waals surface area contributed by atoms with Gasteiger partial charge in [-0.2, -0.15) is 0 Å². The Labute approximate surface area is 226 Å². The van der Waals surface area contributed by atoms with Crippen LogP contribution in [0.15, 0.2) is 36.4 Å². The van der Waals surface area contributed by atoms with Crippen LogP contribution in [0.5, 0.6) is 11.5 Å². The lowest BCUT2D eigenvalue weighted by Gasteiger charge is -2.17. The molecule has 8 heteroatoms. The number of nitrogens with one attached hydrogen (secondary N) is 2. The van der Waals surface area contributed by atoms with Crippen molar-refractivity contribution in [3.63, 3.8) is 0 Å². The van der Waals surface area contributed by atoms with Gasteiger partial charge < -0.3 is 25.8 Å². The van der Waals surface area contributed by atoms with E-state index < -0.39 is 5.91 Å². The Hall–Kier alpha value is -3.55. The molecule has 4 N–H and O–H groups in total. The molecule has 0 bridgehead atoms. The second kappa shape index (κ2) is 15.6. The summed E-state index contributed by atoms with van der Waals surface area (Å²) in [6, 6.07) is 9.61. The predicted octanol–water partition coefficient (Wildman–Crippen LogP) is 6.41. The maximum atomic E-state index is 13.2. The van der Waals surface area contributed by atoms with E-state index in [0.717, 1.165) is 25.7 Å². The first kappa shape index (κ1) is 30.7. The normalized spacial score (nSPS) is 10.9. The summed E-state index contributed by atoms with van der Waals surface area (Å²) in [7, 11) is 0. The number of unbranched alkanes of at least 4 members (excludes halogenated alkanes) is 4. The SMILES string of the molecule is CCCCCCCC(=O)Nc1ccc(C(=O)Nc2ccc(C(N)=O)cc2OCC(C)C)cc1OCC(C)C. The molecule has 2 aromatic rings. The molecule has 0 aliphatic carbocycles. The van der Waals surface area contributed by atoms with Gasteiger partial charge in [-0.1, -0.05) is 60.3 Å². The summed E-state index contributed by atoms with van der Waals surface area (Å²) in [5.74, 6) is 0.273. The molecule has 0 aromatic heterocycles. The molecule has 2 rings (SSSR count). The van der Waals surface area contributed by atoms with Gasteiger partial charge in [-0.3, -0.25) is 14.4 Å². The third-order valence-electron chi connectivity index (χ3n) is 5.68. The van der Waals surface area contributed by atoms with Crippen molar-refractivity contribution in [2.24, 2.45) is 17.6 Å². The second-order valence-electron chi connectivity index (χ2n) is 10.4. The van der Waals surface area contributed by atoms with E-state index in [-0.39, 0.29) is 29.2 Å².